The highest BCUT2D eigenvalue weighted by Gasteiger charge is 2.20. The molecule has 1 aliphatic heterocycles. The molecule has 0 spiro atoms. The molecular weight excluding hydrogens is 180 g/mol. The van der Waals surface area contributed by atoms with Crippen LogP contribution in [0.15, 0.2) is 0 Å². The van der Waals surface area contributed by atoms with E-state index in [1.807, 2.05) is 0 Å². The molecule has 82 valence electrons. The molecule has 0 atom stereocenters. The Morgan fingerprint density at radius 2 is 1.86 bits per heavy atom. The molecule has 14 heavy (non-hydrogen) atoms. The molecule has 3 heteroatoms. The second-order valence-electron chi connectivity index (χ2n) is 4.97. The molecule has 1 aliphatic rings. The van der Waals surface area contributed by atoms with Crippen molar-refractivity contribution in [1.29, 1.82) is 0 Å². The number of Topliss-reactive ketones (excluding diaryl/α,β-unsaturated/α-hetero) is 1. The molecule has 0 N–H and O–H groups in total. The van der Waals surface area contributed by atoms with Crippen molar-refractivity contribution in [2.75, 3.05) is 13.2 Å². The van der Waals surface area contributed by atoms with Crippen molar-refractivity contribution in [2.45, 2.75) is 46.3 Å². The normalized spacial score (nSPS) is 18.8. The molecule has 0 aromatic carbocycles. The summed E-state index contributed by atoms with van der Waals surface area (Å²) in [5.41, 5.74) is 0.229. The fourth-order valence-electron chi connectivity index (χ4n) is 1.33. The van der Waals surface area contributed by atoms with Gasteiger partial charge in [-0.2, -0.15) is 0 Å². The van der Waals surface area contributed by atoms with Crippen LogP contribution in [0.3, 0.4) is 0 Å². The molecule has 0 aromatic heterocycles. The molecule has 0 unspecified atom stereocenters. The van der Waals surface area contributed by atoms with E-state index < -0.39 is 0 Å². The monoisotopic (exact) mass is 200 g/mol. The summed E-state index contributed by atoms with van der Waals surface area (Å²) in [5.74, 6) is 0.242. The Balaban J connectivity index is 2.15. The van der Waals surface area contributed by atoms with Crippen molar-refractivity contribution in [2.24, 2.45) is 5.41 Å². The van der Waals surface area contributed by atoms with E-state index in [1.165, 1.54) is 0 Å². The van der Waals surface area contributed by atoms with Gasteiger partial charge in [0.15, 0.2) is 6.29 Å². The summed E-state index contributed by atoms with van der Waals surface area (Å²) in [7, 11) is 0. The Hall–Kier alpha value is -0.410. The highest BCUT2D eigenvalue weighted by atomic mass is 16.7. The van der Waals surface area contributed by atoms with Gasteiger partial charge in [-0.05, 0) is 11.8 Å². The van der Waals surface area contributed by atoms with Crippen LogP contribution in [0.25, 0.3) is 0 Å². The number of carbonyl (C=O) groups excluding carboxylic acids is 1. The molecule has 0 saturated carbocycles. The third-order valence-electron chi connectivity index (χ3n) is 2.24. The first-order valence-corrected chi connectivity index (χ1v) is 5.22. The van der Waals surface area contributed by atoms with E-state index in [9.17, 15) is 4.79 Å². The summed E-state index contributed by atoms with van der Waals surface area (Å²) in [4.78, 5) is 11.5. The zero-order valence-electron chi connectivity index (χ0n) is 9.34. The third-order valence-corrected chi connectivity index (χ3v) is 2.24. The van der Waals surface area contributed by atoms with Gasteiger partial charge >= 0.3 is 0 Å². The van der Waals surface area contributed by atoms with Crippen molar-refractivity contribution < 1.29 is 14.3 Å². The summed E-state index contributed by atoms with van der Waals surface area (Å²) in [6.45, 7) is 7.67. The van der Waals surface area contributed by atoms with Crippen LogP contribution in [0.4, 0.5) is 0 Å². The Bertz CT molecular complexity index is 187. The predicted molar refractivity (Wildman–Crippen MR) is 54.0 cm³/mol. The summed E-state index contributed by atoms with van der Waals surface area (Å²) < 4.78 is 10.4. The van der Waals surface area contributed by atoms with Crippen LogP contribution < -0.4 is 0 Å². The van der Waals surface area contributed by atoms with E-state index in [1.54, 1.807) is 0 Å². The number of ether oxygens (including phenoxy) is 2. The molecule has 0 radical (unpaired) electrons. The number of ketones is 1. The zero-order valence-corrected chi connectivity index (χ0v) is 9.34. The fourth-order valence-corrected chi connectivity index (χ4v) is 1.33. The summed E-state index contributed by atoms with van der Waals surface area (Å²) in [6, 6.07) is 0. The quantitative estimate of drug-likeness (QED) is 0.697. The maximum atomic E-state index is 11.5. The van der Waals surface area contributed by atoms with Crippen LogP contribution in [0.5, 0.6) is 0 Å². The van der Waals surface area contributed by atoms with Crippen molar-refractivity contribution in [1.82, 2.24) is 0 Å². The zero-order chi connectivity index (χ0) is 10.6. The molecule has 3 nitrogen and oxygen atoms in total. The number of hydrogen-bond acceptors (Lipinski definition) is 3. The highest BCUT2D eigenvalue weighted by Crippen LogP contribution is 2.21. The van der Waals surface area contributed by atoms with Gasteiger partial charge in [-0.1, -0.05) is 20.8 Å². The third kappa shape index (κ3) is 4.72. The van der Waals surface area contributed by atoms with Gasteiger partial charge in [-0.25, -0.2) is 0 Å². The second-order valence-corrected chi connectivity index (χ2v) is 4.97. The van der Waals surface area contributed by atoms with E-state index >= 15 is 0 Å². The standard InChI is InChI=1S/C11H20O3/c1-11(2,3)5-4-9(12)8-10-13-6-7-14-10/h10H,4-8H2,1-3H3. The summed E-state index contributed by atoms with van der Waals surface area (Å²) >= 11 is 0. The number of carbonyl (C=O) groups is 1. The lowest BCUT2D eigenvalue weighted by Gasteiger charge is -2.17. The van der Waals surface area contributed by atoms with Gasteiger partial charge in [0.05, 0.1) is 19.6 Å². The van der Waals surface area contributed by atoms with Crippen molar-refractivity contribution in [3.8, 4) is 0 Å². The van der Waals surface area contributed by atoms with Crippen molar-refractivity contribution in [3.63, 3.8) is 0 Å². The minimum absolute atomic E-state index is 0.229. The molecule has 1 saturated heterocycles. The Morgan fingerprint density at radius 1 is 1.29 bits per heavy atom. The average Bonchev–Trinajstić information content (AvgIpc) is 2.52. The minimum atomic E-state index is -0.275. The summed E-state index contributed by atoms with van der Waals surface area (Å²) in [5, 5.41) is 0. The van der Waals surface area contributed by atoms with Crippen LogP contribution >= 0.6 is 0 Å². The van der Waals surface area contributed by atoms with Crippen LogP contribution in [-0.2, 0) is 14.3 Å². The topological polar surface area (TPSA) is 35.5 Å². The fraction of sp³-hybridized carbons (Fsp3) is 0.909. The highest BCUT2D eigenvalue weighted by molar-refractivity contribution is 5.78. The van der Waals surface area contributed by atoms with E-state index in [-0.39, 0.29) is 17.5 Å². The molecule has 0 aromatic rings. The average molecular weight is 200 g/mol. The first-order valence-electron chi connectivity index (χ1n) is 5.22. The molecule has 1 fully saturated rings. The second kappa shape index (κ2) is 4.89. The lowest BCUT2D eigenvalue weighted by atomic mass is 9.89. The summed E-state index contributed by atoms with van der Waals surface area (Å²) in [6.07, 6.45) is 1.70. The number of rotatable bonds is 4. The molecule has 0 aliphatic carbocycles. The molecular formula is C11H20O3. The number of hydrogen-bond donors (Lipinski definition) is 0. The van der Waals surface area contributed by atoms with Gasteiger partial charge in [-0.3, -0.25) is 4.79 Å². The lowest BCUT2D eigenvalue weighted by Crippen LogP contribution is -2.16. The first-order chi connectivity index (χ1) is 6.47. The Kier molecular flexibility index (Phi) is 4.08. The molecule has 0 amide bonds. The maximum absolute atomic E-state index is 11.5. The predicted octanol–water partition coefficient (Wildman–Crippen LogP) is 2.14. The first kappa shape index (κ1) is 11.7. The van der Waals surface area contributed by atoms with E-state index in [0.717, 1.165) is 6.42 Å². The van der Waals surface area contributed by atoms with Crippen LogP contribution in [0.2, 0.25) is 0 Å². The van der Waals surface area contributed by atoms with Crippen LogP contribution in [-0.4, -0.2) is 25.3 Å². The Labute approximate surface area is 85.8 Å². The van der Waals surface area contributed by atoms with E-state index in [4.69, 9.17) is 9.47 Å². The van der Waals surface area contributed by atoms with Gasteiger partial charge < -0.3 is 9.47 Å². The molecule has 0 bridgehead atoms. The molecule has 1 heterocycles. The van der Waals surface area contributed by atoms with Crippen LogP contribution in [0, 0.1) is 5.41 Å². The largest absolute Gasteiger partial charge is 0.350 e. The van der Waals surface area contributed by atoms with Gasteiger partial charge in [0.25, 0.3) is 0 Å². The van der Waals surface area contributed by atoms with E-state index in [2.05, 4.69) is 20.8 Å². The smallest absolute Gasteiger partial charge is 0.164 e. The van der Waals surface area contributed by atoms with Crippen molar-refractivity contribution in [3.05, 3.63) is 0 Å². The van der Waals surface area contributed by atoms with Gasteiger partial charge in [-0.15, -0.1) is 0 Å². The van der Waals surface area contributed by atoms with Crippen LogP contribution in [0.1, 0.15) is 40.0 Å². The Morgan fingerprint density at radius 3 is 2.36 bits per heavy atom. The minimum Gasteiger partial charge on any atom is -0.350 e. The van der Waals surface area contributed by atoms with E-state index in [0.29, 0.717) is 26.1 Å². The van der Waals surface area contributed by atoms with Gasteiger partial charge in [0, 0.05) is 6.42 Å². The van der Waals surface area contributed by atoms with Gasteiger partial charge in [0.2, 0.25) is 0 Å². The van der Waals surface area contributed by atoms with Crippen molar-refractivity contribution >= 4 is 5.78 Å². The van der Waals surface area contributed by atoms with Gasteiger partial charge in [0.1, 0.15) is 5.78 Å². The SMILES string of the molecule is CC(C)(C)CCC(=O)CC1OCCO1. The molecule has 1 rings (SSSR count). The lowest BCUT2D eigenvalue weighted by molar-refractivity contribution is -0.127. The maximum Gasteiger partial charge on any atom is 0.164 e.